The van der Waals surface area contributed by atoms with Gasteiger partial charge in [0.2, 0.25) is 0 Å². The largest absolute Gasteiger partial charge is 0.394 e. The molecule has 34 nitrogen and oxygen atoms in total. The summed E-state index contributed by atoms with van der Waals surface area (Å²) < 4.78 is 137. The minimum atomic E-state index is -4.76. The van der Waals surface area contributed by atoms with E-state index in [2.05, 4.69) is 0 Å². The van der Waals surface area contributed by atoms with E-state index in [4.69, 9.17) is 65.2 Å². The van der Waals surface area contributed by atoms with Crippen LogP contribution in [-0.4, -0.2) is 322 Å². The summed E-state index contributed by atoms with van der Waals surface area (Å²) in [6, 6.07) is 6.23. The van der Waals surface area contributed by atoms with Crippen molar-refractivity contribution in [2.75, 3.05) is 39.6 Å². The van der Waals surface area contributed by atoms with Crippen molar-refractivity contribution in [3.63, 3.8) is 0 Å². The van der Waals surface area contributed by atoms with Gasteiger partial charge < -0.3 is 139 Å². The van der Waals surface area contributed by atoms with Crippen LogP contribution in [0.4, 0.5) is 0 Å². The highest BCUT2D eigenvalue weighted by molar-refractivity contribution is 7.87. The fourth-order valence-corrected chi connectivity index (χ4v) is 15.1. The quantitative estimate of drug-likeness (QED) is 0.0878. The summed E-state index contributed by atoms with van der Waals surface area (Å²) in [5.41, 5.74) is 2.44. The lowest BCUT2D eigenvalue weighted by Gasteiger charge is -2.50. The first-order valence-electron chi connectivity index (χ1n) is 28.8. The summed E-state index contributed by atoms with van der Waals surface area (Å²) in [7, 11) is -9.51. The van der Waals surface area contributed by atoms with Crippen LogP contribution in [0.3, 0.4) is 0 Å². The Morgan fingerprint density at radius 1 is 0.300 bits per heavy atom. The molecule has 0 spiro atoms. The van der Waals surface area contributed by atoms with Crippen molar-refractivity contribution in [3.8, 4) is 0 Å². The SMILES string of the molecule is Cc1cc(C)c(S(=O)(=O)OC[C@H]2O[C@@H]3O[C@H]4[C@H](O)[C@@H](O)[C@@H](O[C@H]5[C@H](O)[C@@H](O)[C@@H](O[C@H]6[C@H](O)[C@@H](O)[C@@H](O[C@H]7[C@H](O)[C@@H](O)[C@@H](O[C@H]8[C@H](O)[C@@H](O)[C@@H](O[C@H]2[C@H](O)[C@H]3O)O[C@@H]8CO)O[C@@H]7CO)O[C@@H]6COS(=O)(=O)c2c(C)cc(C)cc2C)O[C@@H]5CO)O[C@@H]4CO)c(C)c1. The zero-order chi connectivity index (χ0) is 65.9. The predicted molar refractivity (Wildman–Crippen MR) is 289 cm³/mol. The molecular weight excluding hydrogens is 1260 g/mol. The summed E-state index contributed by atoms with van der Waals surface area (Å²) in [5.74, 6) is 0. The van der Waals surface area contributed by atoms with E-state index in [1.807, 2.05) is 0 Å². The van der Waals surface area contributed by atoms with E-state index in [9.17, 15) is 98.5 Å². The smallest absolute Gasteiger partial charge is 0.297 e. The third-order valence-corrected chi connectivity index (χ3v) is 20.0. The minimum Gasteiger partial charge on any atom is -0.394 e. The van der Waals surface area contributed by atoms with Crippen LogP contribution in [0.2, 0.25) is 0 Å². The van der Waals surface area contributed by atoms with E-state index < -0.39 is 244 Å². The fourth-order valence-electron chi connectivity index (χ4n) is 12.5. The number of benzene rings is 2. The number of hydrogen-bond acceptors (Lipinski definition) is 34. The highest BCUT2D eigenvalue weighted by Crippen LogP contribution is 2.39. The second-order valence-electron chi connectivity index (χ2n) is 23.4. The molecule has 512 valence electrons. The number of aryl methyl sites for hydroxylation is 6. The first kappa shape index (κ1) is 71.4. The third-order valence-electron chi connectivity index (χ3n) is 16.8. The van der Waals surface area contributed by atoms with Gasteiger partial charge in [0.25, 0.3) is 20.2 Å². The lowest BCUT2D eigenvalue weighted by atomic mass is 9.94. The van der Waals surface area contributed by atoms with Crippen molar-refractivity contribution in [3.05, 3.63) is 57.6 Å². The number of hydrogen-bond donors (Lipinski definition) is 16. The molecule has 0 radical (unpaired) electrons. The lowest BCUT2D eigenvalue weighted by Crippen LogP contribution is -2.69. The second kappa shape index (κ2) is 28.8. The summed E-state index contributed by atoms with van der Waals surface area (Å²) in [6.45, 7) is 2.76. The van der Waals surface area contributed by atoms with Crippen molar-refractivity contribution >= 4 is 20.2 Å². The van der Waals surface area contributed by atoms with Gasteiger partial charge in [-0.3, -0.25) is 8.37 Å². The topological polar surface area (TPSA) is 521 Å². The minimum absolute atomic E-state index is 0.260. The Labute approximate surface area is 515 Å². The van der Waals surface area contributed by atoms with Crippen LogP contribution in [0.5, 0.6) is 0 Å². The molecule has 22 saturated heterocycles. The fraction of sp³-hybridized carbons (Fsp3) is 0.778. The van der Waals surface area contributed by atoms with Gasteiger partial charge in [0.15, 0.2) is 37.7 Å². The van der Waals surface area contributed by atoms with Crippen LogP contribution in [0.25, 0.3) is 0 Å². The zero-order valence-electron chi connectivity index (χ0n) is 49.2. The van der Waals surface area contributed by atoms with Crippen LogP contribution in [-0.2, 0) is 85.4 Å². The summed E-state index contributed by atoms with van der Waals surface area (Å²) in [5, 5.41) is 183. The number of aliphatic hydroxyl groups is 16. The van der Waals surface area contributed by atoms with Crippen molar-refractivity contribution in [2.24, 2.45) is 0 Å². The van der Waals surface area contributed by atoms with Crippen LogP contribution in [0, 0.1) is 41.5 Å². The molecule has 0 saturated carbocycles. The maximum absolute atomic E-state index is 13.9. The molecule has 24 rings (SSSR count). The molecule has 2 aromatic rings. The Morgan fingerprint density at radius 3 is 0.667 bits per heavy atom. The van der Waals surface area contributed by atoms with Crippen molar-refractivity contribution in [2.45, 2.75) is 236 Å². The molecule has 90 heavy (non-hydrogen) atoms. The van der Waals surface area contributed by atoms with Gasteiger partial charge in [0, 0.05) is 0 Å². The van der Waals surface area contributed by atoms with Gasteiger partial charge in [-0.25, -0.2) is 0 Å². The van der Waals surface area contributed by atoms with Crippen LogP contribution in [0.1, 0.15) is 33.4 Å². The maximum atomic E-state index is 13.9. The van der Waals surface area contributed by atoms with E-state index in [-0.39, 0.29) is 32.0 Å². The number of aliphatic hydroxyl groups excluding tert-OH is 16. The molecule has 16 N–H and O–H groups in total. The molecule has 30 atom stereocenters. The van der Waals surface area contributed by atoms with E-state index in [1.165, 1.54) is 27.7 Å². The third kappa shape index (κ3) is 14.3. The normalized spacial score (nSPS) is 44.1. The average molecular weight is 1340 g/mol. The summed E-state index contributed by atoms with van der Waals surface area (Å²) in [6.07, 6.45) is -63.8. The molecule has 22 aliphatic heterocycles. The molecule has 0 aliphatic carbocycles. The zero-order valence-corrected chi connectivity index (χ0v) is 50.8. The van der Waals surface area contributed by atoms with Crippen LogP contribution >= 0.6 is 0 Å². The van der Waals surface area contributed by atoms with Gasteiger partial charge in [-0.05, 0) is 63.8 Å². The van der Waals surface area contributed by atoms with Crippen LogP contribution in [0.15, 0.2) is 34.1 Å². The molecule has 22 fully saturated rings. The van der Waals surface area contributed by atoms with Crippen molar-refractivity contribution in [1.29, 1.82) is 0 Å². The van der Waals surface area contributed by atoms with E-state index in [0.29, 0.717) is 11.1 Å². The summed E-state index contributed by atoms with van der Waals surface area (Å²) >= 11 is 0. The van der Waals surface area contributed by atoms with E-state index >= 15 is 0 Å². The van der Waals surface area contributed by atoms with Gasteiger partial charge in [-0.2, -0.15) is 16.8 Å². The Balaban J connectivity index is 1.06. The Bertz CT molecular complexity index is 2730. The van der Waals surface area contributed by atoms with Gasteiger partial charge >= 0.3 is 0 Å². The average Bonchev–Trinajstić information content (AvgIpc) is 0.799. The maximum Gasteiger partial charge on any atom is 0.297 e. The van der Waals surface area contributed by atoms with Gasteiger partial charge in [-0.1, -0.05) is 35.4 Å². The van der Waals surface area contributed by atoms with Crippen LogP contribution < -0.4 is 0 Å². The Hall–Kier alpha value is -2.86. The standard InChI is InChI=1S/C54H80O34S2/c1-17-7-19(3)47(20(4)8-17)89(71,72)75-15-27-45-33(63)39(69)53(81-27)85-43-25(13-57)77-49(35(65)29(43)59)84-42-24(12-56)80-52(38(68)32(42)62)88-46-28(16-76-90(73,74)48-21(5)9-18(2)10-22(48)6)82-54(40(70)34(46)64)86-44-26(14-58)78-50(36(66)30(44)60)83-41-23(11-55)79-51(87-45)37(67)31(41)61/h7-10,23-46,49-70H,11-16H2,1-6H3/t23-,24-,25-,26-,27-,28-,29-,30-,31-,32-,33-,34-,35-,36-,37-,38-,39-,40-,41-,42-,43-,44-,45-,46-,49-,50-,51-,52-,53-,54-/m1/s1. The molecule has 22 aliphatic rings. The molecule has 0 amide bonds. The van der Waals surface area contributed by atoms with E-state index in [1.54, 1.807) is 38.1 Å². The highest BCUT2D eigenvalue weighted by Gasteiger charge is 2.59. The molecule has 0 unspecified atom stereocenters. The number of rotatable bonds is 12. The Morgan fingerprint density at radius 2 is 0.478 bits per heavy atom. The van der Waals surface area contributed by atoms with Gasteiger partial charge in [0.05, 0.1) is 49.4 Å². The number of ether oxygens (including phenoxy) is 12. The van der Waals surface area contributed by atoms with Gasteiger partial charge in [-0.15, -0.1) is 0 Å². The monoisotopic (exact) mass is 1340 g/mol. The van der Waals surface area contributed by atoms with Gasteiger partial charge in [0.1, 0.15) is 146 Å². The molecule has 0 aromatic heterocycles. The summed E-state index contributed by atoms with van der Waals surface area (Å²) in [4.78, 5) is -0.532. The molecule has 22 heterocycles. The Kier molecular flexibility index (Phi) is 22.9. The highest BCUT2D eigenvalue weighted by atomic mass is 32.2. The molecule has 36 heteroatoms. The molecule has 12 bridgehead atoms. The van der Waals surface area contributed by atoms with Crippen molar-refractivity contribution in [1.82, 2.24) is 0 Å². The predicted octanol–water partition coefficient (Wildman–Crippen LogP) is -8.38. The van der Waals surface area contributed by atoms with Crippen molar-refractivity contribution < 1.29 is 164 Å². The first-order valence-corrected chi connectivity index (χ1v) is 31.6. The molecule has 2 aromatic carbocycles. The molecular formula is C54H80O34S2. The van der Waals surface area contributed by atoms with E-state index in [0.717, 1.165) is 0 Å². The first-order chi connectivity index (χ1) is 42.4. The second-order valence-corrected chi connectivity index (χ2v) is 26.5. The lowest BCUT2D eigenvalue weighted by molar-refractivity contribution is -0.403.